The van der Waals surface area contributed by atoms with E-state index in [4.69, 9.17) is 4.79 Å². The smallest absolute Gasteiger partial charge is 0.116 e. The van der Waals surface area contributed by atoms with Gasteiger partial charge in [0, 0.05) is 0 Å². The van der Waals surface area contributed by atoms with Crippen molar-refractivity contribution in [3.05, 3.63) is 0 Å². The van der Waals surface area contributed by atoms with Gasteiger partial charge < -0.3 is 15.6 Å². The first-order chi connectivity index (χ1) is 4.81. The van der Waals surface area contributed by atoms with Gasteiger partial charge in [-0.1, -0.05) is 6.92 Å². The van der Waals surface area contributed by atoms with Gasteiger partial charge in [0.05, 0.1) is 0 Å². The van der Waals surface area contributed by atoms with Crippen LogP contribution < -0.4 is 5.32 Å². The molecule has 0 aromatic rings. The van der Waals surface area contributed by atoms with Crippen LogP contribution in [-0.2, 0) is 4.79 Å². The SMILES string of the molecule is CC1CCNCC1.CC=O.O. The molecular weight excluding hydrogens is 142 g/mol. The summed E-state index contributed by atoms with van der Waals surface area (Å²) in [6.07, 6.45) is 3.50. The minimum Gasteiger partial charge on any atom is -0.412 e. The fourth-order valence-electron chi connectivity index (χ4n) is 0.966. The maximum atomic E-state index is 8.81. The van der Waals surface area contributed by atoms with E-state index in [0.29, 0.717) is 0 Å². The summed E-state index contributed by atoms with van der Waals surface area (Å²) in [5.74, 6) is 0.973. The Morgan fingerprint density at radius 1 is 1.36 bits per heavy atom. The van der Waals surface area contributed by atoms with Crippen LogP contribution >= 0.6 is 0 Å². The van der Waals surface area contributed by atoms with Crippen LogP contribution in [0.4, 0.5) is 0 Å². The monoisotopic (exact) mass is 161 g/mol. The van der Waals surface area contributed by atoms with Gasteiger partial charge in [-0.2, -0.15) is 0 Å². The minimum absolute atomic E-state index is 0. The summed E-state index contributed by atoms with van der Waals surface area (Å²) in [5.41, 5.74) is 0. The average Bonchev–Trinajstić information content (AvgIpc) is 1.91. The first-order valence-electron chi connectivity index (χ1n) is 3.91. The molecule has 0 radical (unpaired) electrons. The Kier molecular flexibility index (Phi) is 11.5. The predicted molar refractivity (Wildman–Crippen MR) is 46.6 cm³/mol. The largest absolute Gasteiger partial charge is 0.412 e. The molecule has 0 aliphatic carbocycles. The average molecular weight is 161 g/mol. The number of hydrogen-bond acceptors (Lipinski definition) is 2. The third-order valence-corrected chi connectivity index (χ3v) is 1.63. The van der Waals surface area contributed by atoms with Crippen LogP contribution in [0.3, 0.4) is 0 Å². The molecule has 0 aromatic carbocycles. The first-order valence-corrected chi connectivity index (χ1v) is 3.91. The zero-order valence-corrected chi connectivity index (χ0v) is 7.39. The molecule has 0 saturated carbocycles. The highest BCUT2D eigenvalue weighted by Gasteiger charge is 2.04. The molecule has 0 unspecified atom stereocenters. The zero-order chi connectivity index (χ0) is 7.82. The lowest BCUT2D eigenvalue weighted by Crippen LogP contribution is -2.26. The van der Waals surface area contributed by atoms with Crippen molar-refractivity contribution >= 4 is 6.29 Å². The molecule has 1 aliphatic heterocycles. The molecule has 0 aromatic heterocycles. The van der Waals surface area contributed by atoms with Gasteiger partial charge >= 0.3 is 0 Å². The number of nitrogens with one attached hydrogen (secondary N) is 1. The molecule has 3 heteroatoms. The summed E-state index contributed by atoms with van der Waals surface area (Å²) >= 11 is 0. The molecule has 0 amide bonds. The van der Waals surface area contributed by atoms with Gasteiger partial charge in [0.2, 0.25) is 0 Å². The first kappa shape index (κ1) is 13.2. The maximum Gasteiger partial charge on any atom is 0.116 e. The second-order valence-electron chi connectivity index (χ2n) is 2.67. The summed E-state index contributed by atoms with van der Waals surface area (Å²) in [7, 11) is 0. The van der Waals surface area contributed by atoms with Crippen LogP contribution in [0.15, 0.2) is 0 Å². The molecule has 0 atom stereocenters. The van der Waals surface area contributed by atoms with E-state index < -0.39 is 0 Å². The Bertz CT molecular complexity index is 80.2. The Labute approximate surface area is 68.5 Å². The zero-order valence-electron chi connectivity index (χ0n) is 7.39. The van der Waals surface area contributed by atoms with E-state index in [9.17, 15) is 0 Å². The van der Waals surface area contributed by atoms with E-state index >= 15 is 0 Å². The minimum atomic E-state index is 0. The maximum absolute atomic E-state index is 8.81. The number of hydrogen-bond donors (Lipinski definition) is 1. The molecule has 1 aliphatic rings. The lowest BCUT2D eigenvalue weighted by Gasteiger charge is -2.17. The van der Waals surface area contributed by atoms with E-state index in [2.05, 4.69) is 12.2 Å². The van der Waals surface area contributed by atoms with Gasteiger partial charge in [-0.3, -0.25) is 0 Å². The predicted octanol–water partition coefficient (Wildman–Crippen LogP) is 0.386. The van der Waals surface area contributed by atoms with Crippen molar-refractivity contribution in [1.29, 1.82) is 0 Å². The highest BCUT2D eigenvalue weighted by Crippen LogP contribution is 2.08. The van der Waals surface area contributed by atoms with Crippen molar-refractivity contribution in [2.75, 3.05) is 13.1 Å². The van der Waals surface area contributed by atoms with E-state index in [1.807, 2.05) is 0 Å². The van der Waals surface area contributed by atoms with E-state index in [0.717, 1.165) is 12.2 Å². The van der Waals surface area contributed by atoms with Crippen LogP contribution in [0.5, 0.6) is 0 Å². The second-order valence-corrected chi connectivity index (χ2v) is 2.67. The lowest BCUT2D eigenvalue weighted by molar-refractivity contribution is -0.106. The fourth-order valence-corrected chi connectivity index (χ4v) is 0.966. The van der Waals surface area contributed by atoms with E-state index in [1.165, 1.54) is 32.9 Å². The topological polar surface area (TPSA) is 60.6 Å². The number of piperidine rings is 1. The summed E-state index contributed by atoms with van der Waals surface area (Å²) in [4.78, 5) is 8.81. The number of carbonyl (C=O) groups excluding carboxylic acids is 1. The Morgan fingerprint density at radius 3 is 1.91 bits per heavy atom. The van der Waals surface area contributed by atoms with E-state index in [-0.39, 0.29) is 5.48 Å². The highest BCUT2D eigenvalue weighted by atomic mass is 16.1. The van der Waals surface area contributed by atoms with Gasteiger partial charge in [-0.25, -0.2) is 0 Å². The molecule has 1 rings (SSSR count). The van der Waals surface area contributed by atoms with Gasteiger partial charge in [-0.15, -0.1) is 0 Å². The standard InChI is InChI=1S/C6H13N.C2H4O.H2O/c1-6-2-4-7-5-3-6;1-2-3;/h6-7H,2-5H2,1H3;2H,1H3;1H2. The summed E-state index contributed by atoms with van der Waals surface area (Å²) in [6, 6.07) is 0. The van der Waals surface area contributed by atoms with Gasteiger partial charge in [-0.05, 0) is 38.8 Å². The second kappa shape index (κ2) is 9.59. The molecule has 1 heterocycles. The van der Waals surface area contributed by atoms with Gasteiger partial charge in [0.25, 0.3) is 0 Å². The van der Waals surface area contributed by atoms with Crippen LogP contribution in [0, 0.1) is 5.92 Å². The molecular formula is C8H19NO2. The van der Waals surface area contributed by atoms with Gasteiger partial charge in [0.15, 0.2) is 0 Å². The van der Waals surface area contributed by atoms with Crippen molar-refractivity contribution in [2.24, 2.45) is 5.92 Å². The summed E-state index contributed by atoms with van der Waals surface area (Å²) < 4.78 is 0. The Balaban J connectivity index is 0. The van der Waals surface area contributed by atoms with E-state index in [1.54, 1.807) is 0 Å². The number of carbonyl (C=O) groups is 1. The lowest BCUT2D eigenvalue weighted by atomic mass is 10.0. The van der Waals surface area contributed by atoms with Gasteiger partial charge in [0.1, 0.15) is 6.29 Å². The normalized spacial score (nSPS) is 17.3. The molecule has 68 valence electrons. The van der Waals surface area contributed by atoms with Crippen LogP contribution in [-0.4, -0.2) is 24.9 Å². The molecule has 3 N–H and O–H groups in total. The van der Waals surface area contributed by atoms with Crippen molar-refractivity contribution in [3.8, 4) is 0 Å². The summed E-state index contributed by atoms with van der Waals surface area (Å²) in [6.45, 7) is 6.24. The highest BCUT2D eigenvalue weighted by molar-refractivity contribution is 5.44. The molecule has 1 saturated heterocycles. The quantitative estimate of drug-likeness (QED) is 0.522. The van der Waals surface area contributed by atoms with Crippen molar-refractivity contribution in [3.63, 3.8) is 0 Å². The van der Waals surface area contributed by atoms with Crippen LogP contribution in [0.25, 0.3) is 0 Å². The fraction of sp³-hybridized carbons (Fsp3) is 0.875. The third-order valence-electron chi connectivity index (χ3n) is 1.63. The van der Waals surface area contributed by atoms with Crippen LogP contribution in [0.1, 0.15) is 26.7 Å². The molecule has 3 nitrogen and oxygen atoms in total. The summed E-state index contributed by atoms with van der Waals surface area (Å²) in [5, 5.41) is 3.32. The van der Waals surface area contributed by atoms with Crippen LogP contribution in [0.2, 0.25) is 0 Å². The number of aldehydes is 1. The Hall–Kier alpha value is -0.410. The van der Waals surface area contributed by atoms with Crippen molar-refractivity contribution < 1.29 is 10.3 Å². The third kappa shape index (κ3) is 9.59. The molecule has 1 fully saturated rings. The van der Waals surface area contributed by atoms with Crippen molar-refractivity contribution in [1.82, 2.24) is 5.32 Å². The molecule has 0 spiro atoms. The molecule has 11 heavy (non-hydrogen) atoms. The number of rotatable bonds is 0. The Morgan fingerprint density at radius 2 is 1.73 bits per heavy atom. The van der Waals surface area contributed by atoms with Crippen molar-refractivity contribution in [2.45, 2.75) is 26.7 Å². The molecule has 0 bridgehead atoms.